The fourth-order valence-electron chi connectivity index (χ4n) is 3.74. The summed E-state index contributed by atoms with van der Waals surface area (Å²) in [7, 11) is -3.65. The Labute approximate surface area is 174 Å². The number of halogens is 1. The zero-order chi connectivity index (χ0) is 19.7. The Morgan fingerprint density at radius 3 is 2.29 bits per heavy atom. The molecule has 28 heavy (non-hydrogen) atoms. The highest BCUT2D eigenvalue weighted by Gasteiger charge is 2.37. The lowest BCUT2D eigenvalue weighted by molar-refractivity contribution is 0.537. The number of hydrogen-bond acceptors (Lipinski definition) is 3. The van der Waals surface area contributed by atoms with Crippen LogP contribution in [0.5, 0.6) is 0 Å². The maximum atomic E-state index is 13.4. The number of benzene rings is 3. The second-order valence-corrected chi connectivity index (χ2v) is 9.69. The van der Waals surface area contributed by atoms with Crippen LogP contribution in [0.3, 0.4) is 0 Å². The van der Waals surface area contributed by atoms with Crippen LogP contribution in [-0.4, -0.2) is 14.5 Å². The van der Waals surface area contributed by atoms with Crippen molar-refractivity contribution in [2.45, 2.75) is 30.3 Å². The number of hydrogen-bond donors (Lipinski definition) is 1. The molecule has 1 heterocycles. The van der Waals surface area contributed by atoms with Crippen molar-refractivity contribution >= 4 is 37.3 Å². The highest BCUT2D eigenvalue weighted by atomic mass is 79.9. The molecule has 0 saturated carbocycles. The molecule has 4 nitrogen and oxygen atoms in total. The quantitative estimate of drug-likeness (QED) is 0.556. The van der Waals surface area contributed by atoms with Crippen LogP contribution in [0.15, 0.2) is 88.2 Å². The number of fused-ring (bicyclic) bond motifs is 1. The van der Waals surface area contributed by atoms with Crippen molar-refractivity contribution in [1.82, 2.24) is 0 Å². The van der Waals surface area contributed by atoms with Crippen LogP contribution in [0, 0.1) is 0 Å². The van der Waals surface area contributed by atoms with E-state index in [4.69, 9.17) is 0 Å². The molecule has 144 valence electrons. The Morgan fingerprint density at radius 2 is 1.57 bits per heavy atom. The van der Waals surface area contributed by atoms with Crippen LogP contribution < -0.4 is 9.62 Å². The van der Waals surface area contributed by atoms with Crippen molar-refractivity contribution in [3.63, 3.8) is 0 Å². The molecule has 0 fully saturated rings. The van der Waals surface area contributed by atoms with Gasteiger partial charge in [-0.05, 0) is 61.4 Å². The van der Waals surface area contributed by atoms with Crippen LogP contribution in [0.2, 0.25) is 0 Å². The number of anilines is 2. The summed E-state index contributed by atoms with van der Waals surface area (Å²) in [6, 6.07) is 24.4. The smallest absolute Gasteiger partial charge is 0.264 e. The van der Waals surface area contributed by atoms with Crippen molar-refractivity contribution < 1.29 is 8.42 Å². The second-order valence-electron chi connectivity index (χ2n) is 6.96. The Morgan fingerprint density at radius 1 is 0.929 bits per heavy atom. The van der Waals surface area contributed by atoms with E-state index >= 15 is 0 Å². The summed E-state index contributed by atoms with van der Waals surface area (Å²) < 4.78 is 29.3. The molecule has 3 aromatic carbocycles. The monoisotopic (exact) mass is 456 g/mol. The fourth-order valence-corrected chi connectivity index (χ4v) is 5.70. The minimum atomic E-state index is -3.65. The second kappa shape index (κ2) is 7.60. The molecule has 0 bridgehead atoms. The van der Waals surface area contributed by atoms with E-state index in [1.807, 2.05) is 61.5 Å². The predicted octanol–water partition coefficient (Wildman–Crippen LogP) is 5.59. The molecule has 3 aromatic rings. The van der Waals surface area contributed by atoms with Gasteiger partial charge in [-0.3, -0.25) is 4.31 Å². The fraction of sp³-hybridized carbons (Fsp3) is 0.182. The molecule has 0 radical (unpaired) electrons. The molecule has 1 aliphatic heterocycles. The number of rotatable bonds is 4. The molecule has 6 heteroatoms. The highest BCUT2D eigenvalue weighted by molar-refractivity contribution is 9.10. The van der Waals surface area contributed by atoms with Crippen molar-refractivity contribution in [2.24, 2.45) is 0 Å². The summed E-state index contributed by atoms with van der Waals surface area (Å²) in [5, 5.41) is 3.56. The van der Waals surface area contributed by atoms with E-state index in [1.165, 1.54) is 0 Å². The molecule has 1 aliphatic rings. The van der Waals surface area contributed by atoms with Gasteiger partial charge in [0.25, 0.3) is 10.0 Å². The van der Waals surface area contributed by atoms with Gasteiger partial charge < -0.3 is 5.32 Å². The van der Waals surface area contributed by atoms with Crippen LogP contribution in [-0.2, 0) is 10.0 Å². The van der Waals surface area contributed by atoms with E-state index in [0.717, 1.165) is 21.4 Å². The standard InChI is InChI=1S/C22H21BrN2O2S/c1-16-15-21(24-18-7-3-2-4-8-18)20-9-5-6-10-22(20)25(16)28(26,27)19-13-11-17(23)12-14-19/h2-14,16,21,24H,15H2,1H3/t16-,21+/m1/s1. The molecule has 0 spiro atoms. The minimum absolute atomic E-state index is 0.0463. The van der Waals surface area contributed by atoms with Crippen LogP contribution in [0.1, 0.15) is 24.9 Å². The Hall–Kier alpha value is -2.31. The first-order valence-corrected chi connectivity index (χ1v) is 11.4. The first kappa shape index (κ1) is 19.0. The summed E-state index contributed by atoms with van der Waals surface area (Å²) in [5.74, 6) is 0. The Balaban J connectivity index is 1.75. The molecule has 0 unspecified atom stereocenters. The molecule has 0 aliphatic carbocycles. The average Bonchev–Trinajstić information content (AvgIpc) is 2.69. The van der Waals surface area contributed by atoms with Gasteiger partial charge in [-0.2, -0.15) is 0 Å². The van der Waals surface area contributed by atoms with Gasteiger partial charge in [-0.1, -0.05) is 52.3 Å². The van der Waals surface area contributed by atoms with Crippen molar-refractivity contribution in [2.75, 3.05) is 9.62 Å². The van der Waals surface area contributed by atoms with Crippen LogP contribution in [0.4, 0.5) is 11.4 Å². The largest absolute Gasteiger partial charge is 0.378 e. The van der Waals surface area contributed by atoms with Crippen LogP contribution in [0.25, 0.3) is 0 Å². The van der Waals surface area contributed by atoms with Gasteiger partial charge in [0.15, 0.2) is 0 Å². The van der Waals surface area contributed by atoms with Gasteiger partial charge in [-0.25, -0.2) is 8.42 Å². The summed E-state index contributed by atoms with van der Waals surface area (Å²) >= 11 is 3.37. The number of para-hydroxylation sites is 2. The van der Waals surface area contributed by atoms with Crippen molar-refractivity contribution in [3.05, 3.63) is 88.9 Å². The van der Waals surface area contributed by atoms with E-state index in [0.29, 0.717) is 11.3 Å². The molecule has 0 aromatic heterocycles. The summed E-state index contributed by atoms with van der Waals surface area (Å²) in [4.78, 5) is 0.298. The van der Waals surface area contributed by atoms with E-state index in [-0.39, 0.29) is 12.1 Å². The maximum Gasteiger partial charge on any atom is 0.264 e. The van der Waals surface area contributed by atoms with E-state index in [2.05, 4.69) is 21.2 Å². The molecule has 0 amide bonds. The average molecular weight is 457 g/mol. The molecular formula is C22H21BrN2O2S. The minimum Gasteiger partial charge on any atom is -0.378 e. The van der Waals surface area contributed by atoms with Crippen LogP contribution >= 0.6 is 15.9 Å². The number of nitrogens with zero attached hydrogens (tertiary/aromatic N) is 1. The lowest BCUT2D eigenvalue weighted by Crippen LogP contribution is -2.44. The maximum absolute atomic E-state index is 13.4. The Kier molecular flexibility index (Phi) is 5.17. The normalized spacial score (nSPS) is 19.1. The zero-order valence-corrected chi connectivity index (χ0v) is 17.8. The molecular weight excluding hydrogens is 436 g/mol. The summed E-state index contributed by atoms with van der Waals surface area (Å²) in [6.45, 7) is 1.96. The van der Waals surface area contributed by atoms with Crippen molar-refractivity contribution in [1.29, 1.82) is 0 Å². The molecule has 2 atom stereocenters. The first-order valence-electron chi connectivity index (χ1n) is 9.17. The van der Waals surface area contributed by atoms with Crippen molar-refractivity contribution in [3.8, 4) is 0 Å². The zero-order valence-electron chi connectivity index (χ0n) is 15.4. The van der Waals surface area contributed by atoms with Gasteiger partial charge in [0, 0.05) is 16.2 Å². The highest BCUT2D eigenvalue weighted by Crippen LogP contribution is 2.41. The summed E-state index contributed by atoms with van der Waals surface area (Å²) in [6.07, 6.45) is 0.682. The lowest BCUT2D eigenvalue weighted by Gasteiger charge is -2.40. The molecule has 4 rings (SSSR count). The first-order chi connectivity index (χ1) is 13.5. The van der Waals surface area contributed by atoms with Gasteiger partial charge in [-0.15, -0.1) is 0 Å². The lowest BCUT2D eigenvalue weighted by atomic mass is 9.93. The van der Waals surface area contributed by atoms with Gasteiger partial charge in [0.1, 0.15) is 0 Å². The topological polar surface area (TPSA) is 49.4 Å². The molecule has 1 N–H and O–H groups in total. The third-order valence-corrected chi connectivity index (χ3v) is 7.48. The number of sulfonamides is 1. The molecule has 0 saturated heterocycles. The van der Waals surface area contributed by atoms with Gasteiger partial charge in [0.2, 0.25) is 0 Å². The van der Waals surface area contributed by atoms with Gasteiger partial charge in [0.05, 0.1) is 16.6 Å². The third-order valence-electron chi connectivity index (χ3n) is 5.01. The summed E-state index contributed by atoms with van der Waals surface area (Å²) in [5.41, 5.74) is 2.75. The van der Waals surface area contributed by atoms with E-state index in [9.17, 15) is 8.42 Å². The van der Waals surface area contributed by atoms with E-state index < -0.39 is 10.0 Å². The third kappa shape index (κ3) is 3.54. The van der Waals surface area contributed by atoms with E-state index in [1.54, 1.807) is 28.6 Å². The van der Waals surface area contributed by atoms with Gasteiger partial charge >= 0.3 is 0 Å². The number of nitrogens with one attached hydrogen (secondary N) is 1. The predicted molar refractivity (Wildman–Crippen MR) is 117 cm³/mol. The SMILES string of the molecule is C[C@@H]1C[C@H](Nc2ccccc2)c2ccccc2N1S(=O)(=O)c1ccc(Br)cc1. The Bertz CT molecular complexity index is 1070.